The summed E-state index contributed by atoms with van der Waals surface area (Å²) in [6.07, 6.45) is -4.35. The fourth-order valence-corrected chi connectivity index (χ4v) is 1.97. The van der Waals surface area contributed by atoms with E-state index < -0.39 is 12.2 Å². The Hall–Kier alpha value is -1.43. The number of nitrogens with one attached hydrogen (secondary N) is 1. The van der Waals surface area contributed by atoms with Crippen LogP contribution in [0.5, 0.6) is 11.5 Å². The van der Waals surface area contributed by atoms with E-state index in [1.807, 2.05) is 6.92 Å². The van der Waals surface area contributed by atoms with Crippen LogP contribution in [0, 0.1) is 5.92 Å². The van der Waals surface area contributed by atoms with Crippen LogP contribution < -0.4 is 14.8 Å². The van der Waals surface area contributed by atoms with E-state index in [4.69, 9.17) is 9.47 Å². The smallest absolute Gasteiger partial charge is 0.407 e. The van der Waals surface area contributed by atoms with Crippen LogP contribution in [0.1, 0.15) is 18.5 Å². The van der Waals surface area contributed by atoms with E-state index >= 15 is 0 Å². The highest BCUT2D eigenvalue weighted by atomic mass is 19.4. The maximum absolute atomic E-state index is 12.8. The molecule has 2 unspecified atom stereocenters. The van der Waals surface area contributed by atoms with E-state index in [-0.39, 0.29) is 11.5 Å². The van der Waals surface area contributed by atoms with Crippen LogP contribution in [0.15, 0.2) is 18.2 Å². The molecule has 106 valence electrons. The molecule has 0 saturated heterocycles. The van der Waals surface area contributed by atoms with Crippen LogP contribution in [0.3, 0.4) is 0 Å². The van der Waals surface area contributed by atoms with Gasteiger partial charge in [-0.2, -0.15) is 13.2 Å². The lowest BCUT2D eigenvalue weighted by Gasteiger charge is -2.21. The summed E-state index contributed by atoms with van der Waals surface area (Å²) in [6, 6.07) is 2.62. The molecule has 1 N–H and O–H groups in total. The van der Waals surface area contributed by atoms with Crippen LogP contribution in [-0.4, -0.2) is 26.4 Å². The topological polar surface area (TPSA) is 30.5 Å². The highest BCUT2D eigenvalue weighted by Crippen LogP contribution is 2.38. The number of benzene rings is 1. The third-order valence-electron chi connectivity index (χ3n) is 2.96. The predicted molar refractivity (Wildman–Crippen MR) is 64.5 cm³/mol. The molecule has 1 aromatic carbocycles. The first-order chi connectivity index (χ1) is 8.91. The minimum Gasteiger partial charge on any atom is -0.489 e. The van der Waals surface area contributed by atoms with Crippen LogP contribution >= 0.6 is 0 Å². The Labute approximate surface area is 109 Å². The lowest BCUT2D eigenvalue weighted by Crippen LogP contribution is -2.31. The summed E-state index contributed by atoms with van der Waals surface area (Å²) in [7, 11) is 1.28. The van der Waals surface area contributed by atoms with E-state index in [1.54, 1.807) is 0 Å². The van der Waals surface area contributed by atoms with Crippen molar-refractivity contribution in [2.75, 3.05) is 20.3 Å². The van der Waals surface area contributed by atoms with Crippen LogP contribution in [0.25, 0.3) is 0 Å². The molecular formula is C13H16F3NO2. The molecule has 19 heavy (non-hydrogen) atoms. The zero-order valence-corrected chi connectivity index (χ0v) is 10.8. The van der Waals surface area contributed by atoms with Gasteiger partial charge < -0.3 is 14.8 Å². The number of ether oxygens (including phenoxy) is 2. The second-order valence-electron chi connectivity index (χ2n) is 4.70. The lowest BCUT2D eigenvalue weighted by molar-refractivity contribution is -0.156. The van der Waals surface area contributed by atoms with E-state index in [1.165, 1.54) is 25.2 Å². The molecule has 1 aliphatic heterocycles. The number of hydrogen-bond acceptors (Lipinski definition) is 3. The van der Waals surface area contributed by atoms with Gasteiger partial charge in [-0.3, -0.25) is 0 Å². The molecule has 0 aromatic heterocycles. The summed E-state index contributed by atoms with van der Waals surface area (Å²) >= 11 is 0. The number of halogens is 3. The molecule has 2 atom stereocenters. The number of rotatable bonds is 2. The second-order valence-corrected chi connectivity index (χ2v) is 4.70. The van der Waals surface area contributed by atoms with Gasteiger partial charge in [0, 0.05) is 5.92 Å². The molecule has 0 saturated carbocycles. The molecule has 0 radical (unpaired) electrons. The Kier molecular flexibility index (Phi) is 3.89. The van der Waals surface area contributed by atoms with Crippen molar-refractivity contribution in [2.24, 2.45) is 5.92 Å². The third-order valence-corrected chi connectivity index (χ3v) is 2.96. The Balaban J connectivity index is 2.30. The van der Waals surface area contributed by atoms with Gasteiger partial charge in [0.05, 0.1) is 13.2 Å². The standard InChI is InChI=1S/C13H16F3NO2/c1-8-6-18-10-4-3-9(5-11(10)19-7-8)12(17-2)13(14,15)16/h3-5,8,12,17H,6-7H2,1-2H3. The number of fused-ring (bicyclic) bond motifs is 1. The van der Waals surface area contributed by atoms with Crippen molar-refractivity contribution < 1.29 is 22.6 Å². The molecule has 0 spiro atoms. The highest BCUT2D eigenvalue weighted by Gasteiger charge is 2.40. The van der Waals surface area contributed by atoms with Crippen molar-refractivity contribution in [3.8, 4) is 11.5 Å². The van der Waals surface area contributed by atoms with Crippen molar-refractivity contribution in [3.63, 3.8) is 0 Å². The first-order valence-electron chi connectivity index (χ1n) is 6.05. The van der Waals surface area contributed by atoms with E-state index in [0.717, 1.165) is 0 Å². The summed E-state index contributed by atoms with van der Waals surface area (Å²) in [4.78, 5) is 0. The van der Waals surface area contributed by atoms with E-state index in [9.17, 15) is 13.2 Å². The van der Waals surface area contributed by atoms with Crippen molar-refractivity contribution in [1.29, 1.82) is 0 Å². The van der Waals surface area contributed by atoms with Crippen molar-refractivity contribution in [3.05, 3.63) is 23.8 Å². The molecule has 0 aliphatic carbocycles. The fraction of sp³-hybridized carbons (Fsp3) is 0.538. The van der Waals surface area contributed by atoms with Gasteiger partial charge in [-0.15, -0.1) is 0 Å². The highest BCUT2D eigenvalue weighted by molar-refractivity contribution is 5.44. The molecule has 1 aliphatic rings. The molecular weight excluding hydrogens is 259 g/mol. The molecule has 1 aromatic rings. The minimum absolute atomic E-state index is 0.118. The quantitative estimate of drug-likeness (QED) is 0.900. The third kappa shape index (κ3) is 3.12. The van der Waals surface area contributed by atoms with Crippen molar-refractivity contribution in [2.45, 2.75) is 19.1 Å². The summed E-state index contributed by atoms with van der Waals surface area (Å²) in [5.74, 6) is 1.06. The Morgan fingerprint density at radius 2 is 1.84 bits per heavy atom. The molecule has 0 bridgehead atoms. The van der Waals surface area contributed by atoms with Crippen LogP contribution in [-0.2, 0) is 0 Å². The summed E-state index contributed by atoms with van der Waals surface area (Å²) in [5.41, 5.74) is 0.118. The zero-order chi connectivity index (χ0) is 14.0. The van der Waals surface area contributed by atoms with Gasteiger partial charge in [0.25, 0.3) is 0 Å². The fourth-order valence-electron chi connectivity index (χ4n) is 1.97. The molecule has 1 heterocycles. The Morgan fingerprint density at radius 1 is 1.21 bits per heavy atom. The van der Waals surface area contributed by atoms with Gasteiger partial charge >= 0.3 is 6.18 Å². The van der Waals surface area contributed by atoms with Crippen molar-refractivity contribution >= 4 is 0 Å². The lowest BCUT2D eigenvalue weighted by atomic mass is 10.1. The first kappa shape index (κ1) is 14.0. The molecule has 6 heteroatoms. The summed E-state index contributed by atoms with van der Waals surface area (Å²) in [5, 5.41) is 2.27. The van der Waals surface area contributed by atoms with Gasteiger partial charge in [0.2, 0.25) is 0 Å². The van der Waals surface area contributed by atoms with Gasteiger partial charge in [-0.05, 0) is 24.7 Å². The van der Waals surface area contributed by atoms with E-state index in [2.05, 4.69) is 5.32 Å². The molecule has 3 nitrogen and oxygen atoms in total. The molecule has 0 fully saturated rings. The average molecular weight is 275 g/mol. The van der Waals surface area contributed by atoms with Crippen LogP contribution in [0.2, 0.25) is 0 Å². The van der Waals surface area contributed by atoms with Gasteiger partial charge in [-0.1, -0.05) is 13.0 Å². The molecule has 2 rings (SSSR count). The van der Waals surface area contributed by atoms with Gasteiger partial charge in [0.1, 0.15) is 6.04 Å². The Bertz CT molecular complexity index is 448. The van der Waals surface area contributed by atoms with Gasteiger partial charge in [0.15, 0.2) is 11.5 Å². The average Bonchev–Trinajstić information content (AvgIpc) is 2.51. The number of alkyl halides is 3. The van der Waals surface area contributed by atoms with Gasteiger partial charge in [-0.25, -0.2) is 0 Å². The SMILES string of the molecule is CNC(c1ccc2c(c1)OCC(C)CO2)C(F)(F)F. The second kappa shape index (κ2) is 5.28. The Morgan fingerprint density at radius 3 is 2.42 bits per heavy atom. The normalized spacial score (nSPS) is 20.8. The number of hydrogen-bond donors (Lipinski definition) is 1. The summed E-state index contributed by atoms with van der Waals surface area (Å²) < 4.78 is 49.5. The first-order valence-corrected chi connectivity index (χ1v) is 6.05. The van der Waals surface area contributed by atoms with E-state index in [0.29, 0.717) is 24.7 Å². The maximum atomic E-state index is 12.8. The zero-order valence-electron chi connectivity index (χ0n) is 10.8. The monoisotopic (exact) mass is 275 g/mol. The minimum atomic E-state index is -4.35. The maximum Gasteiger partial charge on any atom is 0.407 e. The largest absolute Gasteiger partial charge is 0.489 e. The van der Waals surface area contributed by atoms with Crippen LogP contribution in [0.4, 0.5) is 13.2 Å². The summed E-state index contributed by atoms with van der Waals surface area (Å²) in [6.45, 7) is 2.90. The predicted octanol–water partition coefficient (Wildman–Crippen LogP) is 2.92. The van der Waals surface area contributed by atoms with Crippen molar-refractivity contribution in [1.82, 2.24) is 5.32 Å². The molecule has 0 amide bonds.